The third kappa shape index (κ3) is 4.08. The second kappa shape index (κ2) is 5.85. The standard InChI is InChI=1S/C11H14N2O3/c1-9(14)16-7-5-12-11(15)10-4-3-6-13(2)8-10/h3-4,6,8H,5,7H2,1-2H3/p+1. The van der Waals surface area contributed by atoms with Gasteiger partial charge in [-0.15, -0.1) is 0 Å². The second-order valence-corrected chi connectivity index (χ2v) is 3.35. The van der Waals surface area contributed by atoms with Gasteiger partial charge in [0, 0.05) is 13.0 Å². The number of hydrogen-bond acceptors (Lipinski definition) is 3. The molecule has 0 aromatic carbocycles. The highest BCUT2D eigenvalue weighted by Crippen LogP contribution is 1.93. The summed E-state index contributed by atoms with van der Waals surface area (Å²) >= 11 is 0. The van der Waals surface area contributed by atoms with Crippen LogP contribution in [0.5, 0.6) is 0 Å². The van der Waals surface area contributed by atoms with Gasteiger partial charge in [-0.2, -0.15) is 0 Å². The lowest BCUT2D eigenvalue weighted by Crippen LogP contribution is -2.32. The van der Waals surface area contributed by atoms with Crippen molar-refractivity contribution in [1.29, 1.82) is 0 Å². The molecule has 1 rings (SSSR count). The largest absolute Gasteiger partial charge is 0.464 e. The maximum Gasteiger partial charge on any atom is 0.302 e. The molecule has 0 saturated heterocycles. The molecule has 1 amide bonds. The lowest BCUT2D eigenvalue weighted by molar-refractivity contribution is -0.671. The van der Waals surface area contributed by atoms with E-state index in [4.69, 9.17) is 4.74 Å². The molecular weight excluding hydrogens is 208 g/mol. The molecule has 0 atom stereocenters. The minimum atomic E-state index is -0.347. The van der Waals surface area contributed by atoms with Gasteiger partial charge in [-0.05, 0) is 6.07 Å². The van der Waals surface area contributed by atoms with E-state index in [1.54, 1.807) is 22.9 Å². The quantitative estimate of drug-likeness (QED) is 0.437. The van der Waals surface area contributed by atoms with Crippen molar-refractivity contribution >= 4 is 11.9 Å². The van der Waals surface area contributed by atoms with Crippen molar-refractivity contribution in [1.82, 2.24) is 5.32 Å². The van der Waals surface area contributed by atoms with Gasteiger partial charge in [-0.25, -0.2) is 4.57 Å². The molecule has 0 unspecified atom stereocenters. The number of carbonyl (C=O) groups is 2. The zero-order valence-corrected chi connectivity index (χ0v) is 9.40. The van der Waals surface area contributed by atoms with E-state index >= 15 is 0 Å². The summed E-state index contributed by atoms with van der Waals surface area (Å²) in [5.41, 5.74) is 0.577. The van der Waals surface area contributed by atoms with E-state index < -0.39 is 0 Å². The van der Waals surface area contributed by atoms with Gasteiger partial charge >= 0.3 is 5.97 Å². The molecule has 0 radical (unpaired) electrons. The van der Waals surface area contributed by atoms with E-state index in [1.807, 2.05) is 13.2 Å². The Morgan fingerprint density at radius 2 is 2.25 bits per heavy atom. The van der Waals surface area contributed by atoms with Crippen LogP contribution in [0.25, 0.3) is 0 Å². The molecule has 0 aliphatic rings. The normalized spacial score (nSPS) is 9.62. The molecule has 1 aromatic rings. The van der Waals surface area contributed by atoms with Crippen molar-refractivity contribution in [2.24, 2.45) is 7.05 Å². The average Bonchev–Trinajstić information content (AvgIpc) is 2.24. The average molecular weight is 223 g/mol. The monoisotopic (exact) mass is 223 g/mol. The van der Waals surface area contributed by atoms with Crippen LogP contribution in [-0.2, 0) is 16.6 Å². The van der Waals surface area contributed by atoms with Crippen LogP contribution in [0, 0.1) is 0 Å². The second-order valence-electron chi connectivity index (χ2n) is 3.35. The molecular formula is C11H15N2O3+. The first kappa shape index (κ1) is 12.2. The summed E-state index contributed by atoms with van der Waals surface area (Å²) in [6, 6.07) is 3.52. The van der Waals surface area contributed by atoms with Crippen LogP contribution in [0.15, 0.2) is 24.5 Å². The molecule has 0 bridgehead atoms. The number of aromatic nitrogens is 1. The molecule has 5 heteroatoms. The fourth-order valence-electron chi connectivity index (χ4n) is 1.18. The summed E-state index contributed by atoms with van der Waals surface area (Å²) in [6.07, 6.45) is 3.57. The van der Waals surface area contributed by atoms with E-state index in [9.17, 15) is 9.59 Å². The number of carbonyl (C=O) groups excluding carboxylic acids is 2. The van der Waals surface area contributed by atoms with E-state index in [-0.39, 0.29) is 18.5 Å². The number of esters is 1. The molecule has 86 valence electrons. The summed E-state index contributed by atoms with van der Waals surface area (Å²) in [5.74, 6) is -0.524. The van der Waals surface area contributed by atoms with Gasteiger partial charge in [0.2, 0.25) is 0 Å². The van der Waals surface area contributed by atoms with Crippen LogP contribution in [0.4, 0.5) is 0 Å². The summed E-state index contributed by atoms with van der Waals surface area (Å²) < 4.78 is 6.49. The highest BCUT2D eigenvalue weighted by Gasteiger charge is 2.07. The fraction of sp³-hybridized carbons (Fsp3) is 0.364. The molecule has 0 spiro atoms. The van der Waals surface area contributed by atoms with Crippen molar-refractivity contribution in [2.75, 3.05) is 13.2 Å². The Kier molecular flexibility index (Phi) is 4.44. The molecule has 1 aromatic heterocycles. The maximum atomic E-state index is 11.6. The summed E-state index contributed by atoms with van der Waals surface area (Å²) in [7, 11) is 1.84. The van der Waals surface area contributed by atoms with E-state index in [2.05, 4.69) is 5.32 Å². The number of amides is 1. The van der Waals surface area contributed by atoms with Crippen molar-refractivity contribution in [3.05, 3.63) is 30.1 Å². The first-order valence-electron chi connectivity index (χ1n) is 4.96. The van der Waals surface area contributed by atoms with Crippen molar-refractivity contribution in [3.63, 3.8) is 0 Å². The van der Waals surface area contributed by atoms with Crippen LogP contribution in [-0.4, -0.2) is 25.0 Å². The van der Waals surface area contributed by atoms with Crippen LogP contribution in [0.1, 0.15) is 17.3 Å². The minimum Gasteiger partial charge on any atom is -0.464 e. The first-order valence-corrected chi connectivity index (χ1v) is 4.96. The summed E-state index contributed by atoms with van der Waals surface area (Å²) in [5, 5.41) is 2.65. The molecule has 0 aliphatic carbocycles. The minimum absolute atomic E-state index is 0.177. The number of pyridine rings is 1. The Morgan fingerprint density at radius 3 is 2.88 bits per heavy atom. The predicted octanol–water partition coefficient (Wildman–Crippen LogP) is -0.196. The molecule has 16 heavy (non-hydrogen) atoms. The zero-order valence-electron chi connectivity index (χ0n) is 9.40. The number of ether oxygens (including phenoxy) is 1. The lowest BCUT2D eigenvalue weighted by Gasteiger charge is -2.04. The van der Waals surface area contributed by atoms with Gasteiger partial charge in [0.05, 0.1) is 6.54 Å². The van der Waals surface area contributed by atoms with E-state index in [0.717, 1.165) is 0 Å². The zero-order chi connectivity index (χ0) is 12.0. The van der Waals surface area contributed by atoms with Gasteiger partial charge in [-0.1, -0.05) is 0 Å². The Labute approximate surface area is 94.0 Å². The highest BCUT2D eigenvalue weighted by molar-refractivity contribution is 5.93. The Hall–Kier alpha value is -1.91. The SMILES string of the molecule is CC(=O)OCCNC(=O)c1ccc[n+](C)c1. The third-order valence-corrected chi connectivity index (χ3v) is 1.89. The van der Waals surface area contributed by atoms with Crippen molar-refractivity contribution in [2.45, 2.75) is 6.92 Å². The summed E-state index contributed by atoms with van der Waals surface area (Å²) in [4.78, 5) is 22.0. The van der Waals surface area contributed by atoms with Gasteiger partial charge in [0.15, 0.2) is 12.4 Å². The molecule has 5 nitrogen and oxygen atoms in total. The smallest absolute Gasteiger partial charge is 0.302 e. The predicted molar refractivity (Wildman–Crippen MR) is 56.6 cm³/mol. The summed E-state index contributed by atoms with van der Waals surface area (Å²) in [6.45, 7) is 1.84. The highest BCUT2D eigenvalue weighted by atomic mass is 16.5. The number of nitrogens with zero attached hydrogens (tertiary/aromatic N) is 1. The number of aryl methyl sites for hydroxylation is 1. The Balaban J connectivity index is 2.38. The van der Waals surface area contributed by atoms with Crippen molar-refractivity contribution in [3.8, 4) is 0 Å². The van der Waals surface area contributed by atoms with Gasteiger partial charge in [0.1, 0.15) is 19.2 Å². The lowest BCUT2D eigenvalue weighted by atomic mass is 10.2. The Morgan fingerprint density at radius 1 is 1.50 bits per heavy atom. The maximum absolute atomic E-state index is 11.6. The number of rotatable bonds is 4. The van der Waals surface area contributed by atoms with Crippen LogP contribution >= 0.6 is 0 Å². The third-order valence-electron chi connectivity index (χ3n) is 1.89. The van der Waals surface area contributed by atoms with E-state index in [1.165, 1.54) is 6.92 Å². The first-order chi connectivity index (χ1) is 7.59. The Bertz CT molecular complexity index is 391. The number of nitrogens with one attached hydrogen (secondary N) is 1. The van der Waals surface area contributed by atoms with Crippen LogP contribution in [0.2, 0.25) is 0 Å². The van der Waals surface area contributed by atoms with Crippen LogP contribution < -0.4 is 9.88 Å². The molecule has 0 saturated carbocycles. The molecule has 1 heterocycles. The topological polar surface area (TPSA) is 59.3 Å². The molecule has 0 fully saturated rings. The fourth-order valence-corrected chi connectivity index (χ4v) is 1.18. The molecule has 1 N–H and O–H groups in total. The van der Waals surface area contributed by atoms with E-state index in [0.29, 0.717) is 12.1 Å². The van der Waals surface area contributed by atoms with Gasteiger partial charge < -0.3 is 10.1 Å². The molecule has 0 aliphatic heterocycles. The van der Waals surface area contributed by atoms with Gasteiger partial charge in [-0.3, -0.25) is 9.59 Å². The number of hydrogen-bond donors (Lipinski definition) is 1. The van der Waals surface area contributed by atoms with Crippen molar-refractivity contribution < 1.29 is 18.9 Å². The van der Waals surface area contributed by atoms with Gasteiger partial charge in [0.25, 0.3) is 5.91 Å². The van der Waals surface area contributed by atoms with Crippen LogP contribution in [0.3, 0.4) is 0 Å².